The van der Waals surface area contributed by atoms with Gasteiger partial charge in [0.05, 0.1) is 12.3 Å². The van der Waals surface area contributed by atoms with Crippen molar-refractivity contribution in [1.82, 2.24) is 20.1 Å². The molecule has 0 spiro atoms. The summed E-state index contributed by atoms with van der Waals surface area (Å²) in [7, 11) is -1.14. The number of sulfone groups is 1. The van der Waals surface area contributed by atoms with Crippen LogP contribution in [-0.4, -0.2) is 41.2 Å². The largest absolute Gasteiger partial charge is 0.306 e. The van der Waals surface area contributed by atoms with Crippen LogP contribution in [0.1, 0.15) is 12.7 Å². The summed E-state index contributed by atoms with van der Waals surface area (Å²) < 4.78 is 23.6. The molecule has 0 fully saturated rings. The Bertz CT molecular complexity index is 412. The molecule has 1 atom stereocenters. The normalized spacial score (nSPS) is 14.1. The number of nitrogens with zero attached hydrogens (tertiary/aromatic N) is 3. The lowest BCUT2D eigenvalue weighted by Gasteiger charge is -2.10. The molecule has 86 valence electrons. The van der Waals surface area contributed by atoms with Crippen LogP contribution < -0.4 is 5.32 Å². The molecule has 0 aliphatic rings. The van der Waals surface area contributed by atoms with Crippen LogP contribution in [0.5, 0.6) is 0 Å². The van der Waals surface area contributed by atoms with E-state index in [1.54, 1.807) is 18.1 Å². The number of rotatable bonds is 5. The number of aryl methyl sites for hydroxylation is 1. The first-order chi connectivity index (χ1) is 6.87. The predicted molar refractivity (Wildman–Crippen MR) is 57.0 cm³/mol. The lowest BCUT2D eigenvalue weighted by molar-refractivity contribution is 0.549. The van der Waals surface area contributed by atoms with E-state index in [9.17, 15) is 8.42 Å². The highest BCUT2D eigenvalue weighted by Gasteiger charge is 2.10. The third kappa shape index (κ3) is 4.89. The molecule has 0 aliphatic carbocycles. The molecule has 1 rings (SSSR count). The van der Waals surface area contributed by atoms with E-state index in [-0.39, 0.29) is 11.8 Å². The van der Waals surface area contributed by atoms with Crippen molar-refractivity contribution in [3.63, 3.8) is 0 Å². The Morgan fingerprint density at radius 2 is 2.27 bits per heavy atom. The molecule has 1 unspecified atom stereocenters. The van der Waals surface area contributed by atoms with Gasteiger partial charge in [0, 0.05) is 19.3 Å². The van der Waals surface area contributed by atoms with Gasteiger partial charge in [-0.15, -0.1) is 0 Å². The second-order valence-electron chi connectivity index (χ2n) is 3.71. The molecule has 1 N–H and O–H groups in total. The van der Waals surface area contributed by atoms with E-state index < -0.39 is 9.84 Å². The van der Waals surface area contributed by atoms with Gasteiger partial charge in [-0.1, -0.05) is 0 Å². The highest BCUT2D eigenvalue weighted by atomic mass is 32.2. The molecule has 6 nitrogen and oxygen atoms in total. The smallest absolute Gasteiger partial charge is 0.164 e. The Morgan fingerprint density at radius 1 is 1.60 bits per heavy atom. The summed E-state index contributed by atoms with van der Waals surface area (Å²) in [5.41, 5.74) is 0. The van der Waals surface area contributed by atoms with Gasteiger partial charge in [-0.2, -0.15) is 5.10 Å². The van der Waals surface area contributed by atoms with Crippen molar-refractivity contribution in [2.75, 3.05) is 12.0 Å². The van der Waals surface area contributed by atoms with Gasteiger partial charge in [0.2, 0.25) is 0 Å². The van der Waals surface area contributed by atoms with Crippen molar-refractivity contribution in [2.24, 2.45) is 7.05 Å². The van der Waals surface area contributed by atoms with E-state index in [1.165, 1.54) is 6.26 Å². The first-order valence-electron chi connectivity index (χ1n) is 4.62. The number of hydrogen-bond donors (Lipinski definition) is 1. The van der Waals surface area contributed by atoms with Crippen molar-refractivity contribution < 1.29 is 8.42 Å². The van der Waals surface area contributed by atoms with Gasteiger partial charge in [-0.3, -0.25) is 4.68 Å². The monoisotopic (exact) mass is 232 g/mol. The van der Waals surface area contributed by atoms with Crippen LogP contribution in [0.4, 0.5) is 0 Å². The maximum absolute atomic E-state index is 11.0. The third-order valence-corrected chi connectivity index (χ3v) is 2.91. The molecule has 1 aromatic heterocycles. The molecule has 1 heterocycles. The zero-order valence-corrected chi connectivity index (χ0v) is 9.95. The molecule has 1 aromatic rings. The maximum Gasteiger partial charge on any atom is 0.164 e. The minimum absolute atomic E-state index is 0.0937. The fourth-order valence-corrected chi connectivity index (χ4v) is 2.27. The Hall–Kier alpha value is -0.950. The summed E-state index contributed by atoms with van der Waals surface area (Å²) >= 11 is 0. The average Bonchev–Trinajstić information content (AvgIpc) is 2.45. The summed E-state index contributed by atoms with van der Waals surface area (Å²) in [6.07, 6.45) is 2.84. The number of hydrogen-bond acceptors (Lipinski definition) is 5. The molecular weight excluding hydrogens is 216 g/mol. The van der Waals surface area contributed by atoms with Crippen molar-refractivity contribution >= 4 is 9.84 Å². The average molecular weight is 232 g/mol. The molecule has 0 amide bonds. The lowest BCUT2D eigenvalue weighted by Crippen LogP contribution is -2.32. The SMILES string of the molecule is CC(CS(C)(=O)=O)NCc1ncn(C)n1. The first kappa shape index (κ1) is 12.1. The Labute approximate surface area is 89.6 Å². The lowest BCUT2D eigenvalue weighted by atomic mass is 10.4. The summed E-state index contributed by atoms with van der Waals surface area (Å²) in [4.78, 5) is 4.02. The van der Waals surface area contributed by atoms with Crippen LogP contribution in [0.15, 0.2) is 6.33 Å². The van der Waals surface area contributed by atoms with E-state index in [0.717, 1.165) is 0 Å². The van der Waals surface area contributed by atoms with E-state index in [1.807, 2.05) is 6.92 Å². The number of aromatic nitrogens is 3. The standard InChI is InChI=1S/C8H16N4O2S/c1-7(5-15(3,13)14)9-4-8-10-6-12(2)11-8/h6-7,9H,4-5H2,1-3H3. The van der Waals surface area contributed by atoms with Gasteiger partial charge in [-0.25, -0.2) is 13.4 Å². The van der Waals surface area contributed by atoms with Crippen LogP contribution in [0.2, 0.25) is 0 Å². The zero-order chi connectivity index (χ0) is 11.5. The summed E-state index contributed by atoms with van der Waals surface area (Å²) in [6.45, 7) is 2.31. The molecule has 0 saturated carbocycles. The van der Waals surface area contributed by atoms with Crippen LogP contribution >= 0.6 is 0 Å². The van der Waals surface area contributed by atoms with Crippen molar-refractivity contribution in [3.05, 3.63) is 12.2 Å². The number of nitrogens with one attached hydrogen (secondary N) is 1. The van der Waals surface area contributed by atoms with Crippen LogP contribution in [0.3, 0.4) is 0 Å². The molecule has 0 saturated heterocycles. The Balaban J connectivity index is 2.37. The Kier molecular flexibility index (Phi) is 3.81. The topological polar surface area (TPSA) is 76.9 Å². The minimum atomic E-state index is -2.93. The zero-order valence-electron chi connectivity index (χ0n) is 9.14. The second-order valence-corrected chi connectivity index (χ2v) is 5.89. The third-order valence-electron chi connectivity index (χ3n) is 1.81. The Morgan fingerprint density at radius 3 is 2.73 bits per heavy atom. The van der Waals surface area contributed by atoms with Crippen LogP contribution in [-0.2, 0) is 23.4 Å². The van der Waals surface area contributed by atoms with Crippen molar-refractivity contribution in [3.8, 4) is 0 Å². The fraction of sp³-hybridized carbons (Fsp3) is 0.750. The van der Waals surface area contributed by atoms with Crippen molar-refractivity contribution in [2.45, 2.75) is 19.5 Å². The molecule has 0 bridgehead atoms. The van der Waals surface area contributed by atoms with Gasteiger partial charge in [0.25, 0.3) is 0 Å². The van der Waals surface area contributed by atoms with E-state index in [2.05, 4.69) is 15.4 Å². The summed E-state index contributed by atoms with van der Waals surface area (Å²) in [6, 6.07) is -0.0937. The molecular formula is C8H16N4O2S. The second kappa shape index (κ2) is 4.71. The predicted octanol–water partition coefficient (Wildman–Crippen LogP) is -0.662. The molecule has 15 heavy (non-hydrogen) atoms. The molecule has 0 aliphatic heterocycles. The van der Waals surface area contributed by atoms with Gasteiger partial charge >= 0.3 is 0 Å². The van der Waals surface area contributed by atoms with E-state index in [0.29, 0.717) is 12.4 Å². The van der Waals surface area contributed by atoms with Gasteiger partial charge in [0.1, 0.15) is 16.2 Å². The first-order valence-corrected chi connectivity index (χ1v) is 6.68. The molecule has 0 aromatic carbocycles. The highest BCUT2D eigenvalue weighted by Crippen LogP contribution is 1.93. The molecule has 7 heteroatoms. The summed E-state index contributed by atoms with van der Waals surface area (Å²) in [5, 5.41) is 7.12. The van der Waals surface area contributed by atoms with E-state index in [4.69, 9.17) is 0 Å². The maximum atomic E-state index is 11.0. The highest BCUT2D eigenvalue weighted by molar-refractivity contribution is 7.90. The van der Waals surface area contributed by atoms with E-state index >= 15 is 0 Å². The van der Waals surface area contributed by atoms with Gasteiger partial charge < -0.3 is 5.32 Å². The van der Waals surface area contributed by atoms with Crippen LogP contribution in [0, 0.1) is 0 Å². The minimum Gasteiger partial charge on any atom is -0.306 e. The van der Waals surface area contributed by atoms with Gasteiger partial charge in [-0.05, 0) is 6.92 Å². The molecule has 0 radical (unpaired) electrons. The van der Waals surface area contributed by atoms with Crippen LogP contribution in [0.25, 0.3) is 0 Å². The van der Waals surface area contributed by atoms with Crippen molar-refractivity contribution in [1.29, 1.82) is 0 Å². The quantitative estimate of drug-likeness (QED) is 0.729. The fourth-order valence-electron chi connectivity index (χ4n) is 1.24. The summed E-state index contributed by atoms with van der Waals surface area (Å²) in [5.74, 6) is 0.790. The van der Waals surface area contributed by atoms with Gasteiger partial charge in [0.15, 0.2) is 5.82 Å².